The summed E-state index contributed by atoms with van der Waals surface area (Å²) in [4.78, 5) is 0.173. The van der Waals surface area contributed by atoms with Gasteiger partial charge in [-0.25, -0.2) is 17.5 Å². The maximum atomic E-state index is 13.5. The van der Waals surface area contributed by atoms with Gasteiger partial charge in [0.05, 0.1) is 4.90 Å². The second-order valence-electron chi connectivity index (χ2n) is 5.93. The zero-order valence-corrected chi connectivity index (χ0v) is 16.7. The van der Waals surface area contributed by atoms with Gasteiger partial charge in [0.25, 0.3) is 0 Å². The maximum absolute atomic E-state index is 13.5. The number of para-hydroxylation sites is 1. The molecule has 0 fully saturated rings. The Morgan fingerprint density at radius 3 is 2.21 bits per heavy atom. The summed E-state index contributed by atoms with van der Waals surface area (Å²) in [6, 6.07) is 22.1. The Bertz CT molecular complexity index is 994. The van der Waals surface area contributed by atoms with Crippen molar-refractivity contribution >= 4 is 21.8 Å². The van der Waals surface area contributed by atoms with E-state index in [0.717, 1.165) is 0 Å². The smallest absolute Gasteiger partial charge is 0.240 e. The van der Waals surface area contributed by atoms with Gasteiger partial charge in [-0.2, -0.15) is 11.8 Å². The minimum Gasteiger partial charge on any atom is -0.457 e. The third-order valence-electron chi connectivity index (χ3n) is 3.87. The minimum absolute atomic E-state index is 0.173. The first-order chi connectivity index (χ1) is 13.5. The normalized spacial score (nSPS) is 11.3. The predicted octanol–water partition coefficient (Wildman–Crippen LogP) is 4.83. The van der Waals surface area contributed by atoms with Crippen LogP contribution in [0.2, 0.25) is 0 Å². The van der Waals surface area contributed by atoms with Crippen LogP contribution < -0.4 is 9.46 Å². The first-order valence-corrected chi connectivity index (χ1v) is 11.3. The molecule has 0 aromatic heterocycles. The topological polar surface area (TPSA) is 55.4 Å². The summed E-state index contributed by atoms with van der Waals surface area (Å²) in [6.45, 7) is 0.268. The highest BCUT2D eigenvalue weighted by atomic mass is 32.2. The molecule has 28 heavy (non-hydrogen) atoms. The fourth-order valence-electron chi connectivity index (χ4n) is 2.44. The number of hydrogen-bond acceptors (Lipinski definition) is 4. The summed E-state index contributed by atoms with van der Waals surface area (Å²) in [6.07, 6.45) is 0. The van der Waals surface area contributed by atoms with Crippen LogP contribution in [0.15, 0.2) is 83.8 Å². The van der Waals surface area contributed by atoms with Gasteiger partial charge in [-0.15, -0.1) is 0 Å². The van der Waals surface area contributed by atoms with Gasteiger partial charge in [-0.05, 0) is 48.0 Å². The SMILES string of the molecule is O=S(=O)(NCCSCc1ccccc1F)c1ccc(Oc2ccccc2)cc1. The lowest BCUT2D eigenvalue weighted by Crippen LogP contribution is -2.26. The number of benzene rings is 3. The summed E-state index contributed by atoms with van der Waals surface area (Å²) >= 11 is 1.47. The lowest BCUT2D eigenvalue weighted by atomic mass is 10.2. The van der Waals surface area contributed by atoms with Crippen LogP contribution in [-0.2, 0) is 15.8 Å². The van der Waals surface area contributed by atoms with E-state index < -0.39 is 10.0 Å². The molecule has 0 atom stereocenters. The Balaban J connectivity index is 1.48. The second-order valence-corrected chi connectivity index (χ2v) is 8.80. The van der Waals surface area contributed by atoms with Gasteiger partial charge in [0.15, 0.2) is 0 Å². The van der Waals surface area contributed by atoms with Gasteiger partial charge in [0.2, 0.25) is 10.0 Å². The van der Waals surface area contributed by atoms with E-state index in [-0.39, 0.29) is 17.3 Å². The van der Waals surface area contributed by atoms with Gasteiger partial charge < -0.3 is 4.74 Å². The minimum atomic E-state index is -3.60. The van der Waals surface area contributed by atoms with E-state index in [1.165, 1.54) is 30.0 Å². The van der Waals surface area contributed by atoms with Crippen LogP contribution in [0.5, 0.6) is 11.5 Å². The fraction of sp³-hybridized carbons (Fsp3) is 0.143. The van der Waals surface area contributed by atoms with Crippen LogP contribution >= 0.6 is 11.8 Å². The summed E-state index contributed by atoms with van der Waals surface area (Å²) in [5, 5.41) is 0. The van der Waals surface area contributed by atoms with Crippen molar-refractivity contribution in [2.24, 2.45) is 0 Å². The van der Waals surface area contributed by atoms with Crippen LogP contribution in [0.3, 0.4) is 0 Å². The molecule has 146 valence electrons. The van der Waals surface area contributed by atoms with E-state index in [1.54, 1.807) is 30.3 Å². The van der Waals surface area contributed by atoms with Crippen molar-refractivity contribution in [2.45, 2.75) is 10.6 Å². The molecule has 0 aliphatic carbocycles. The summed E-state index contributed by atoms with van der Waals surface area (Å²) in [5.74, 6) is 2.05. The number of halogens is 1. The van der Waals surface area contributed by atoms with Crippen molar-refractivity contribution in [1.29, 1.82) is 0 Å². The summed E-state index contributed by atoms with van der Waals surface area (Å²) in [7, 11) is -3.60. The van der Waals surface area contributed by atoms with E-state index in [9.17, 15) is 12.8 Å². The first kappa shape index (κ1) is 20.4. The summed E-state index contributed by atoms with van der Waals surface area (Å²) in [5.41, 5.74) is 0.615. The average molecular weight is 418 g/mol. The fourth-order valence-corrected chi connectivity index (χ4v) is 4.45. The van der Waals surface area contributed by atoms with Gasteiger partial charge >= 0.3 is 0 Å². The Morgan fingerprint density at radius 2 is 1.50 bits per heavy atom. The molecular formula is C21H20FNO3S2. The Hall–Kier alpha value is -2.35. The molecule has 0 aliphatic rings. The standard InChI is InChI=1S/C21H20FNO3S2/c22-21-9-5-4-6-17(21)16-27-15-14-23-28(24,25)20-12-10-19(11-13-20)26-18-7-2-1-3-8-18/h1-13,23H,14-16H2. The zero-order valence-electron chi connectivity index (χ0n) is 15.0. The number of nitrogens with one attached hydrogen (secondary N) is 1. The molecule has 0 aliphatic heterocycles. The molecule has 0 unspecified atom stereocenters. The highest BCUT2D eigenvalue weighted by molar-refractivity contribution is 7.98. The highest BCUT2D eigenvalue weighted by Gasteiger charge is 2.13. The summed E-state index contributed by atoms with van der Waals surface area (Å²) < 4.78 is 46.5. The largest absolute Gasteiger partial charge is 0.457 e. The van der Waals surface area contributed by atoms with Gasteiger partial charge in [0.1, 0.15) is 17.3 Å². The van der Waals surface area contributed by atoms with Crippen molar-refractivity contribution in [1.82, 2.24) is 4.72 Å². The quantitative estimate of drug-likeness (QED) is 0.507. The number of thioether (sulfide) groups is 1. The van der Waals surface area contributed by atoms with Crippen molar-refractivity contribution in [3.05, 3.63) is 90.2 Å². The van der Waals surface area contributed by atoms with E-state index in [1.807, 2.05) is 30.3 Å². The molecule has 0 amide bonds. The molecule has 4 nitrogen and oxygen atoms in total. The Morgan fingerprint density at radius 1 is 0.857 bits per heavy atom. The van der Waals surface area contributed by atoms with Crippen LogP contribution in [-0.4, -0.2) is 20.7 Å². The van der Waals surface area contributed by atoms with Crippen LogP contribution in [0.4, 0.5) is 4.39 Å². The molecule has 0 spiro atoms. The molecule has 0 heterocycles. The van der Waals surface area contributed by atoms with Gasteiger partial charge in [0, 0.05) is 18.1 Å². The molecule has 0 radical (unpaired) electrons. The Kier molecular flexibility index (Phi) is 7.08. The molecule has 7 heteroatoms. The lowest BCUT2D eigenvalue weighted by Gasteiger charge is -2.09. The first-order valence-electron chi connectivity index (χ1n) is 8.68. The molecule has 3 aromatic carbocycles. The van der Waals surface area contributed by atoms with E-state index in [0.29, 0.717) is 28.6 Å². The van der Waals surface area contributed by atoms with Crippen LogP contribution in [0.1, 0.15) is 5.56 Å². The lowest BCUT2D eigenvalue weighted by molar-refractivity contribution is 0.482. The van der Waals surface area contributed by atoms with Crippen molar-refractivity contribution < 1.29 is 17.5 Å². The van der Waals surface area contributed by atoms with Gasteiger partial charge in [-0.1, -0.05) is 36.4 Å². The monoisotopic (exact) mass is 417 g/mol. The molecular weight excluding hydrogens is 397 g/mol. The second kappa shape index (κ2) is 9.73. The zero-order chi connectivity index (χ0) is 19.8. The van der Waals surface area contributed by atoms with Crippen molar-refractivity contribution in [2.75, 3.05) is 12.3 Å². The molecule has 0 bridgehead atoms. The molecule has 3 rings (SSSR count). The van der Waals surface area contributed by atoms with Crippen molar-refractivity contribution in [3.63, 3.8) is 0 Å². The van der Waals surface area contributed by atoms with Gasteiger partial charge in [-0.3, -0.25) is 0 Å². The van der Waals surface area contributed by atoms with Crippen LogP contribution in [0.25, 0.3) is 0 Å². The maximum Gasteiger partial charge on any atom is 0.240 e. The average Bonchev–Trinajstić information content (AvgIpc) is 2.70. The number of ether oxygens (including phenoxy) is 1. The predicted molar refractivity (Wildman–Crippen MR) is 111 cm³/mol. The van der Waals surface area contributed by atoms with E-state index in [4.69, 9.17) is 4.74 Å². The molecule has 3 aromatic rings. The highest BCUT2D eigenvalue weighted by Crippen LogP contribution is 2.22. The third-order valence-corrected chi connectivity index (χ3v) is 6.35. The number of rotatable bonds is 9. The van der Waals surface area contributed by atoms with E-state index >= 15 is 0 Å². The van der Waals surface area contributed by atoms with E-state index in [2.05, 4.69) is 4.72 Å². The molecule has 0 saturated heterocycles. The van der Waals surface area contributed by atoms with Crippen molar-refractivity contribution in [3.8, 4) is 11.5 Å². The Labute approximate surface area is 168 Å². The molecule has 0 saturated carbocycles. The number of hydrogen-bond donors (Lipinski definition) is 1. The third kappa shape index (κ3) is 5.82. The number of sulfonamides is 1. The van der Waals surface area contributed by atoms with Crippen LogP contribution in [0, 0.1) is 5.82 Å². The molecule has 1 N–H and O–H groups in total.